The number of carbonyl (C=O) groups excluding carboxylic acids is 1. The minimum atomic E-state index is -0.0758. The number of fused-ring (bicyclic) bond motifs is 1. The molecule has 1 aromatic carbocycles. The number of nitrogens with one attached hydrogen (secondary N) is 1. The lowest BCUT2D eigenvalue weighted by Crippen LogP contribution is -2.36. The molecule has 0 radical (unpaired) electrons. The van der Waals surface area contributed by atoms with Crippen LogP contribution in [0.4, 0.5) is 0 Å². The van der Waals surface area contributed by atoms with E-state index < -0.39 is 0 Å². The van der Waals surface area contributed by atoms with Gasteiger partial charge in [0, 0.05) is 11.6 Å². The lowest BCUT2D eigenvalue weighted by molar-refractivity contribution is 0.0929. The first-order valence-electron chi connectivity index (χ1n) is 6.28. The van der Waals surface area contributed by atoms with Crippen LogP contribution in [0.15, 0.2) is 18.2 Å². The van der Waals surface area contributed by atoms with Crippen LogP contribution in [0, 0.1) is 5.92 Å². The van der Waals surface area contributed by atoms with Crippen molar-refractivity contribution in [3.63, 3.8) is 0 Å². The van der Waals surface area contributed by atoms with Gasteiger partial charge in [-0.1, -0.05) is 13.8 Å². The van der Waals surface area contributed by atoms with Gasteiger partial charge >= 0.3 is 0 Å². The van der Waals surface area contributed by atoms with Crippen LogP contribution in [0.25, 0.3) is 0 Å². The van der Waals surface area contributed by atoms with Gasteiger partial charge in [-0.15, -0.1) is 0 Å². The molecule has 1 atom stereocenters. The summed E-state index contributed by atoms with van der Waals surface area (Å²) >= 11 is 0. The first-order chi connectivity index (χ1) is 8.58. The van der Waals surface area contributed by atoms with Gasteiger partial charge in [-0.2, -0.15) is 0 Å². The van der Waals surface area contributed by atoms with E-state index in [1.54, 1.807) is 18.2 Å². The molecule has 1 aliphatic heterocycles. The molecular formula is C14H19NO3. The van der Waals surface area contributed by atoms with E-state index >= 15 is 0 Å². The van der Waals surface area contributed by atoms with Gasteiger partial charge in [0.15, 0.2) is 11.5 Å². The van der Waals surface area contributed by atoms with Crippen molar-refractivity contribution in [2.45, 2.75) is 26.8 Å². The number of hydrogen-bond donors (Lipinski definition) is 1. The number of benzene rings is 1. The standard InChI is InChI=1S/C14H19NO3/c1-9(2)10(3)15-14(16)11-4-5-12-13(8-11)18-7-6-17-12/h4-5,8-10H,6-7H2,1-3H3,(H,15,16)/t10-/m0/s1. The first kappa shape index (κ1) is 12.7. The third-order valence-corrected chi connectivity index (χ3v) is 3.16. The van der Waals surface area contributed by atoms with Gasteiger partial charge in [0.05, 0.1) is 0 Å². The van der Waals surface area contributed by atoms with Crippen LogP contribution in [0.2, 0.25) is 0 Å². The number of rotatable bonds is 3. The zero-order valence-corrected chi connectivity index (χ0v) is 11.0. The van der Waals surface area contributed by atoms with Crippen LogP contribution in [-0.4, -0.2) is 25.2 Å². The molecule has 1 aliphatic rings. The Bertz CT molecular complexity index is 443. The maximum atomic E-state index is 12.0. The van der Waals surface area contributed by atoms with E-state index in [1.807, 2.05) is 6.92 Å². The zero-order valence-electron chi connectivity index (χ0n) is 11.0. The average molecular weight is 249 g/mol. The Kier molecular flexibility index (Phi) is 3.75. The Balaban J connectivity index is 2.11. The summed E-state index contributed by atoms with van der Waals surface area (Å²) in [4.78, 5) is 12.0. The van der Waals surface area contributed by atoms with Crippen LogP contribution >= 0.6 is 0 Å². The quantitative estimate of drug-likeness (QED) is 0.893. The van der Waals surface area contributed by atoms with Crippen molar-refractivity contribution in [3.8, 4) is 11.5 Å². The minimum Gasteiger partial charge on any atom is -0.486 e. The number of hydrogen-bond acceptors (Lipinski definition) is 3. The van der Waals surface area contributed by atoms with Crippen LogP contribution in [0.3, 0.4) is 0 Å². The SMILES string of the molecule is CC(C)[C@H](C)NC(=O)c1ccc2c(c1)OCCO2. The summed E-state index contributed by atoms with van der Waals surface area (Å²) in [7, 11) is 0. The highest BCUT2D eigenvalue weighted by atomic mass is 16.6. The number of ether oxygens (including phenoxy) is 2. The number of carbonyl (C=O) groups is 1. The Hall–Kier alpha value is -1.71. The molecule has 1 heterocycles. The Labute approximate surface area is 107 Å². The molecule has 4 nitrogen and oxygen atoms in total. The minimum absolute atomic E-state index is 0.0758. The molecule has 18 heavy (non-hydrogen) atoms. The lowest BCUT2D eigenvalue weighted by Gasteiger charge is -2.20. The summed E-state index contributed by atoms with van der Waals surface area (Å²) in [5, 5.41) is 2.97. The molecule has 0 bridgehead atoms. The average Bonchev–Trinajstić information content (AvgIpc) is 2.37. The molecular weight excluding hydrogens is 230 g/mol. The summed E-state index contributed by atoms with van der Waals surface area (Å²) in [6, 6.07) is 5.42. The van der Waals surface area contributed by atoms with E-state index in [9.17, 15) is 4.79 Å². The molecule has 1 N–H and O–H groups in total. The van der Waals surface area contributed by atoms with E-state index in [2.05, 4.69) is 19.2 Å². The predicted molar refractivity (Wildman–Crippen MR) is 69.2 cm³/mol. The van der Waals surface area contributed by atoms with E-state index in [4.69, 9.17) is 9.47 Å². The predicted octanol–water partition coefficient (Wildman–Crippen LogP) is 2.23. The normalized spacial score (nSPS) is 15.3. The van der Waals surface area contributed by atoms with Crippen molar-refractivity contribution in [3.05, 3.63) is 23.8 Å². The van der Waals surface area contributed by atoms with Gasteiger partial charge in [0.25, 0.3) is 5.91 Å². The Morgan fingerprint density at radius 1 is 1.17 bits per heavy atom. The highest BCUT2D eigenvalue weighted by Gasteiger charge is 2.16. The van der Waals surface area contributed by atoms with Gasteiger partial charge in [-0.25, -0.2) is 0 Å². The fraction of sp³-hybridized carbons (Fsp3) is 0.500. The second-order valence-electron chi connectivity index (χ2n) is 4.86. The van der Waals surface area contributed by atoms with Gasteiger partial charge in [-0.3, -0.25) is 4.79 Å². The molecule has 0 spiro atoms. The van der Waals surface area contributed by atoms with Gasteiger partial charge in [-0.05, 0) is 31.0 Å². The molecule has 0 unspecified atom stereocenters. The molecule has 4 heteroatoms. The molecule has 0 fully saturated rings. The summed E-state index contributed by atoms with van der Waals surface area (Å²) in [6.45, 7) is 7.24. The van der Waals surface area contributed by atoms with Crippen molar-refractivity contribution in [1.29, 1.82) is 0 Å². The Morgan fingerprint density at radius 3 is 2.50 bits per heavy atom. The van der Waals surface area contributed by atoms with E-state index in [1.165, 1.54) is 0 Å². The summed E-state index contributed by atoms with van der Waals surface area (Å²) < 4.78 is 10.9. The van der Waals surface area contributed by atoms with Crippen molar-refractivity contribution >= 4 is 5.91 Å². The van der Waals surface area contributed by atoms with Gasteiger partial charge in [0.1, 0.15) is 13.2 Å². The number of amides is 1. The van der Waals surface area contributed by atoms with Crippen LogP contribution in [0.1, 0.15) is 31.1 Å². The van der Waals surface area contributed by atoms with Crippen molar-refractivity contribution in [2.75, 3.05) is 13.2 Å². The highest BCUT2D eigenvalue weighted by molar-refractivity contribution is 5.95. The van der Waals surface area contributed by atoms with Crippen LogP contribution in [0.5, 0.6) is 11.5 Å². The van der Waals surface area contributed by atoms with Crippen molar-refractivity contribution in [2.24, 2.45) is 5.92 Å². The molecule has 1 aromatic rings. The third kappa shape index (κ3) is 2.75. The largest absolute Gasteiger partial charge is 0.486 e. The fourth-order valence-corrected chi connectivity index (χ4v) is 1.64. The maximum Gasteiger partial charge on any atom is 0.251 e. The molecule has 0 saturated heterocycles. The summed E-state index contributed by atoms with van der Waals surface area (Å²) in [5.41, 5.74) is 0.603. The summed E-state index contributed by atoms with van der Waals surface area (Å²) in [5.74, 6) is 1.68. The Morgan fingerprint density at radius 2 is 1.83 bits per heavy atom. The third-order valence-electron chi connectivity index (χ3n) is 3.16. The van der Waals surface area contributed by atoms with E-state index in [0.29, 0.717) is 36.2 Å². The van der Waals surface area contributed by atoms with E-state index in [-0.39, 0.29) is 11.9 Å². The second-order valence-corrected chi connectivity index (χ2v) is 4.86. The molecule has 0 saturated carbocycles. The fourth-order valence-electron chi connectivity index (χ4n) is 1.64. The zero-order chi connectivity index (χ0) is 13.1. The molecule has 0 aliphatic carbocycles. The second kappa shape index (κ2) is 5.29. The first-order valence-corrected chi connectivity index (χ1v) is 6.28. The smallest absolute Gasteiger partial charge is 0.251 e. The van der Waals surface area contributed by atoms with Gasteiger partial charge < -0.3 is 14.8 Å². The van der Waals surface area contributed by atoms with Crippen molar-refractivity contribution in [1.82, 2.24) is 5.32 Å². The van der Waals surface area contributed by atoms with Crippen molar-refractivity contribution < 1.29 is 14.3 Å². The maximum absolute atomic E-state index is 12.0. The van der Waals surface area contributed by atoms with Crippen LogP contribution in [-0.2, 0) is 0 Å². The van der Waals surface area contributed by atoms with Crippen LogP contribution < -0.4 is 14.8 Å². The monoisotopic (exact) mass is 249 g/mol. The summed E-state index contributed by atoms with van der Waals surface area (Å²) in [6.07, 6.45) is 0. The highest BCUT2D eigenvalue weighted by Crippen LogP contribution is 2.30. The van der Waals surface area contributed by atoms with Gasteiger partial charge in [0.2, 0.25) is 0 Å². The molecule has 0 aromatic heterocycles. The molecule has 98 valence electrons. The molecule has 1 amide bonds. The topological polar surface area (TPSA) is 47.6 Å². The van der Waals surface area contributed by atoms with E-state index in [0.717, 1.165) is 0 Å². The molecule has 2 rings (SSSR count). The lowest BCUT2D eigenvalue weighted by atomic mass is 10.1.